The van der Waals surface area contributed by atoms with Gasteiger partial charge in [-0.15, -0.1) is 0 Å². The van der Waals surface area contributed by atoms with E-state index >= 15 is 0 Å². The van der Waals surface area contributed by atoms with Gasteiger partial charge in [0.25, 0.3) is 0 Å². The molecule has 0 spiro atoms. The van der Waals surface area contributed by atoms with E-state index in [9.17, 15) is 0 Å². The van der Waals surface area contributed by atoms with Gasteiger partial charge < -0.3 is 0 Å². The fourth-order valence-corrected chi connectivity index (χ4v) is 5.42. The van der Waals surface area contributed by atoms with Gasteiger partial charge in [-0.05, 0) is 0 Å². The third-order valence-corrected chi connectivity index (χ3v) is 7.61. The van der Waals surface area contributed by atoms with Crippen molar-refractivity contribution in [1.29, 1.82) is 0 Å². The molecular formula is C13H27BGeO2. The van der Waals surface area contributed by atoms with Crippen LogP contribution in [0.2, 0.25) is 17.3 Å². The minimum absolute atomic E-state index is 0.0316. The Hall–Kier alpha value is 0.268. The van der Waals surface area contributed by atoms with Crippen LogP contribution in [0.5, 0.6) is 0 Å². The Morgan fingerprint density at radius 2 is 1.82 bits per heavy atom. The molecule has 0 atom stereocenters. The Morgan fingerprint density at radius 1 is 1.24 bits per heavy atom. The van der Waals surface area contributed by atoms with Crippen LogP contribution in [-0.2, 0) is 9.31 Å². The fourth-order valence-electron chi connectivity index (χ4n) is 2.00. The molecular weight excluding hydrogens is 272 g/mol. The number of hydrogen-bond acceptors (Lipinski definition) is 2. The average molecular weight is 299 g/mol. The summed E-state index contributed by atoms with van der Waals surface area (Å²) in [7, 11) is -0.0316. The fraction of sp³-hybridized carbons (Fsp3) is 0.846. The molecule has 17 heavy (non-hydrogen) atoms. The standard InChI is InChI=1S/C13H27BGeO2/c1-12(2)8-6-9-13(15(3,4)5)14-16-10-7-11-17-14/h9,12H,6-8,10-11H2,1-5H3/b13-9+. The van der Waals surface area contributed by atoms with Gasteiger partial charge in [-0.2, -0.15) is 0 Å². The molecule has 1 aliphatic rings. The molecule has 0 aromatic heterocycles. The normalized spacial score (nSPS) is 18.9. The molecule has 1 aliphatic heterocycles. The molecule has 0 N–H and O–H groups in total. The first-order valence-electron chi connectivity index (χ1n) is 6.85. The first kappa shape index (κ1) is 15.3. The van der Waals surface area contributed by atoms with Gasteiger partial charge in [-0.25, -0.2) is 0 Å². The topological polar surface area (TPSA) is 18.5 Å². The summed E-state index contributed by atoms with van der Waals surface area (Å²) in [6, 6.07) is 0. The van der Waals surface area contributed by atoms with Gasteiger partial charge in [0, 0.05) is 0 Å². The maximum atomic E-state index is 5.78. The van der Waals surface area contributed by atoms with Gasteiger partial charge in [0.1, 0.15) is 0 Å². The molecule has 0 saturated carbocycles. The van der Waals surface area contributed by atoms with Crippen LogP contribution >= 0.6 is 0 Å². The third-order valence-electron chi connectivity index (χ3n) is 3.06. The second-order valence-corrected chi connectivity index (χ2v) is 17.0. The van der Waals surface area contributed by atoms with Gasteiger partial charge in [0.15, 0.2) is 0 Å². The molecule has 0 aliphatic carbocycles. The van der Waals surface area contributed by atoms with Crippen molar-refractivity contribution in [3.8, 4) is 0 Å². The van der Waals surface area contributed by atoms with Gasteiger partial charge in [0.2, 0.25) is 0 Å². The van der Waals surface area contributed by atoms with Crippen molar-refractivity contribution in [2.75, 3.05) is 13.2 Å². The van der Waals surface area contributed by atoms with Crippen molar-refractivity contribution in [1.82, 2.24) is 0 Å². The molecule has 0 radical (unpaired) electrons. The van der Waals surface area contributed by atoms with Gasteiger partial charge in [0.05, 0.1) is 0 Å². The van der Waals surface area contributed by atoms with E-state index in [-0.39, 0.29) is 7.12 Å². The van der Waals surface area contributed by atoms with Crippen molar-refractivity contribution < 1.29 is 9.31 Å². The van der Waals surface area contributed by atoms with Gasteiger partial charge in [-0.3, -0.25) is 0 Å². The summed E-state index contributed by atoms with van der Waals surface area (Å²) >= 11 is -1.85. The number of hydrogen-bond donors (Lipinski definition) is 0. The van der Waals surface area contributed by atoms with E-state index in [1.54, 1.807) is 0 Å². The molecule has 1 saturated heterocycles. The van der Waals surface area contributed by atoms with Crippen LogP contribution in [0.1, 0.15) is 33.1 Å². The Morgan fingerprint density at radius 3 is 2.29 bits per heavy atom. The Balaban J connectivity index is 2.65. The molecule has 1 heterocycles. The SMILES string of the molecule is CC(C)CC/C=[C](\B1OCCCO1)[Ge]([CH3])([CH3])[CH3]. The zero-order valence-corrected chi connectivity index (χ0v) is 14.2. The molecule has 1 rings (SSSR count). The van der Waals surface area contributed by atoms with Crippen molar-refractivity contribution in [3.63, 3.8) is 0 Å². The first-order chi connectivity index (χ1) is 7.91. The predicted octanol–water partition coefficient (Wildman–Crippen LogP) is 3.69. The van der Waals surface area contributed by atoms with Crippen LogP contribution < -0.4 is 0 Å². The monoisotopic (exact) mass is 300 g/mol. The summed E-state index contributed by atoms with van der Waals surface area (Å²) in [6.07, 6.45) is 5.87. The second kappa shape index (κ2) is 7.00. The van der Waals surface area contributed by atoms with Gasteiger partial charge >= 0.3 is 110 Å². The Kier molecular flexibility index (Phi) is 6.31. The van der Waals surface area contributed by atoms with Crippen LogP contribution in [0.4, 0.5) is 0 Å². The summed E-state index contributed by atoms with van der Waals surface area (Å²) in [6.45, 7) is 6.26. The minimum atomic E-state index is -1.85. The van der Waals surface area contributed by atoms with E-state index in [0.29, 0.717) is 0 Å². The van der Waals surface area contributed by atoms with E-state index in [0.717, 1.165) is 25.6 Å². The predicted molar refractivity (Wildman–Crippen MR) is 77.8 cm³/mol. The molecule has 0 bridgehead atoms. The van der Waals surface area contributed by atoms with E-state index in [2.05, 4.69) is 37.2 Å². The summed E-state index contributed by atoms with van der Waals surface area (Å²) < 4.78 is 13.1. The Bertz CT molecular complexity index is 253. The van der Waals surface area contributed by atoms with E-state index in [4.69, 9.17) is 9.31 Å². The summed E-state index contributed by atoms with van der Waals surface area (Å²) in [5.74, 6) is 8.03. The van der Waals surface area contributed by atoms with E-state index in [1.807, 2.05) is 0 Å². The van der Waals surface area contributed by atoms with Crippen LogP contribution in [0.3, 0.4) is 0 Å². The van der Waals surface area contributed by atoms with E-state index < -0.39 is 13.3 Å². The van der Waals surface area contributed by atoms with Crippen LogP contribution in [-0.4, -0.2) is 33.6 Å². The average Bonchev–Trinajstić information content (AvgIpc) is 2.23. The Labute approximate surface area is 110 Å². The van der Waals surface area contributed by atoms with Crippen molar-refractivity contribution in [2.45, 2.75) is 50.4 Å². The molecule has 98 valence electrons. The summed E-state index contributed by atoms with van der Waals surface area (Å²) in [4.78, 5) is 0. The summed E-state index contributed by atoms with van der Waals surface area (Å²) in [5.41, 5.74) is 0. The van der Waals surface area contributed by atoms with Crippen LogP contribution in [0, 0.1) is 5.92 Å². The zero-order chi connectivity index (χ0) is 12.9. The number of allylic oxidation sites excluding steroid dienone is 1. The van der Waals surface area contributed by atoms with Crippen molar-refractivity contribution >= 4 is 20.4 Å². The summed E-state index contributed by atoms with van der Waals surface area (Å²) in [5, 5.41) is 0. The van der Waals surface area contributed by atoms with Crippen LogP contribution in [0.25, 0.3) is 0 Å². The van der Waals surface area contributed by atoms with Crippen molar-refractivity contribution in [3.05, 3.63) is 10.4 Å². The quantitative estimate of drug-likeness (QED) is 0.721. The first-order valence-corrected chi connectivity index (χ1v) is 14.2. The zero-order valence-electron chi connectivity index (χ0n) is 12.1. The third kappa shape index (κ3) is 5.62. The molecule has 1 fully saturated rings. The molecule has 2 nitrogen and oxygen atoms in total. The molecule has 4 heteroatoms. The second-order valence-electron chi connectivity index (χ2n) is 6.31. The number of rotatable bonds is 5. The molecule has 0 unspecified atom stereocenters. The molecule has 0 aromatic rings. The van der Waals surface area contributed by atoms with Gasteiger partial charge in [-0.1, -0.05) is 0 Å². The van der Waals surface area contributed by atoms with E-state index in [1.165, 1.54) is 17.1 Å². The van der Waals surface area contributed by atoms with Crippen molar-refractivity contribution in [2.24, 2.45) is 5.92 Å². The molecule has 0 aromatic carbocycles. The maximum absolute atomic E-state index is 5.78. The molecule has 0 amide bonds. The van der Waals surface area contributed by atoms with Crippen LogP contribution in [0.15, 0.2) is 10.4 Å².